The molecule has 0 saturated carbocycles. The van der Waals surface area contributed by atoms with Gasteiger partial charge in [-0.3, -0.25) is 0 Å². The van der Waals surface area contributed by atoms with Crippen molar-refractivity contribution in [1.29, 1.82) is 0 Å². The van der Waals surface area contributed by atoms with Gasteiger partial charge in [-0.05, 0) is 23.3 Å². The molecule has 2 aromatic carbocycles. The number of benzene rings is 2. The Morgan fingerprint density at radius 2 is 1.31 bits per heavy atom. The van der Waals surface area contributed by atoms with Gasteiger partial charge in [0.15, 0.2) is 0 Å². The predicted molar refractivity (Wildman–Crippen MR) is 64.5 cm³/mol. The first-order chi connectivity index (χ1) is 7.84. The van der Waals surface area contributed by atoms with Crippen LogP contribution in [0.5, 0.6) is 0 Å². The molecular formula is C14H11ClO. The summed E-state index contributed by atoms with van der Waals surface area (Å²) in [6.45, 7) is 0. The number of rotatable bonds is 2. The van der Waals surface area contributed by atoms with Gasteiger partial charge in [0, 0.05) is 5.02 Å². The topological polar surface area (TPSA) is 12.5 Å². The molecule has 80 valence electrons. The maximum absolute atomic E-state index is 5.85. The molecule has 1 fully saturated rings. The molecule has 1 saturated heterocycles. The van der Waals surface area contributed by atoms with Crippen molar-refractivity contribution in [2.45, 2.75) is 12.2 Å². The fourth-order valence-electron chi connectivity index (χ4n) is 1.91. The van der Waals surface area contributed by atoms with Gasteiger partial charge in [0.05, 0.1) is 0 Å². The molecule has 1 nitrogen and oxygen atoms in total. The van der Waals surface area contributed by atoms with E-state index in [1.165, 1.54) is 11.1 Å². The first kappa shape index (κ1) is 9.88. The molecule has 0 N–H and O–H groups in total. The van der Waals surface area contributed by atoms with E-state index in [1.807, 2.05) is 42.5 Å². The van der Waals surface area contributed by atoms with Crippen LogP contribution in [0.4, 0.5) is 0 Å². The highest BCUT2D eigenvalue weighted by Crippen LogP contribution is 2.50. The van der Waals surface area contributed by atoms with E-state index in [9.17, 15) is 0 Å². The highest BCUT2D eigenvalue weighted by atomic mass is 35.5. The summed E-state index contributed by atoms with van der Waals surface area (Å²) >= 11 is 5.85. The van der Waals surface area contributed by atoms with Crippen LogP contribution in [-0.2, 0) is 4.74 Å². The number of halogens is 1. The summed E-state index contributed by atoms with van der Waals surface area (Å²) in [7, 11) is 0. The lowest BCUT2D eigenvalue weighted by molar-refractivity contribution is 0.377. The van der Waals surface area contributed by atoms with E-state index in [0.717, 1.165) is 5.02 Å². The zero-order valence-electron chi connectivity index (χ0n) is 8.64. The lowest BCUT2D eigenvalue weighted by Gasteiger charge is -1.97. The molecule has 0 unspecified atom stereocenters. The number of ether oxygens (including phenoxy) is 1. The van der Waals surface area contributed by atoms with Crippen molar-refractivity contribution in [2.75, 3.05) is 0 Å². The summed E-state index contributed by atoms with van der Waals surface area (Å²) in [5.74, 6) is 0. The minimum absolute atomic E-state index is 0.194. The second-order valence-corrected chi connectivity index (χ2v) is 4.38. The number of hydrogen-bond acceptors (Lipinski definition) is 1. The molecule has 16 heavy (non-hydrogen) atoms. The van der Waals surface area contributed by atoms with E-state index in [0.29, 0.717) is 0 Å². The minimum atomic E-state index is 0.194. The van der Waals surface area contributed by atoms with E-state index >= 15 is 0 Å². The molecule has 0 aromatic heterocycles. The van der Waals surface area contributed by atoms with Crippen LogP contribution in [0.2, 0.25) is 5.02 Å². The minimum Gasteiger partial charge on any atom is -0.359 e. The van der Waals surface area contributed by atoms with Gasteiger partial charge in [0.1, 0.15) is 12.2 Å². The summed E-state index contributed by atoms with van der Waals surface area (Å²) in [4.78, 5) is 0. The van der Waals surface area contributed by atoms with E-state index in [-0.39, 0.29) is 12.2 Å². The third-order valence-electron chi connectivity index (χ3n) is 2.82. The monoisotopic (exact) mass is 230 g/mol. The van der Waals surface area contributed by atoms with Gasteiger partial charge < -0.3 is 4.74 Å². The Morgan fingerprint density at radius 3 is 1.94 bits per heavy atom. The van der Waals surface area contributed by atoms with Crippen molar-refractivity contribution in [3.8, 4) is 0 Å². The van der Waals surface area contributed by atoms with Gasteiger partial charge in [0.2, 0.25) is 0 Å². The van der Waals surface area contributed by atoms with Crippen molar-refractivity contribution in [3.05, 3.63) is 70.7 Å². The van der Waals surface area contributed by atoms with Crippen molar-refractivity contribution >= 4 is 11.6 Å². The molecule has 0 radical (unpaired) electrons. The van der Waals surface area contributed by atoms with E-state index in [4.69, 9.17) is 16.3 Å². The van der Waals surface area contributed by atoms with Crippen LogP contribution in [0.25, 0.3) is 0 Å². The van der Waals surface area contributed by atoms with Gasteiger partial charge in [-0.15, -0.1) is 0 Å². The molecular weight excluding hydrogens is 220 g/mol. The zero-order valence-corrected chi connectivity index (χ0v) is 9.39. The Balaban J connectivity index is 1.79. The quantitative estimate of drug-likeness (QED) is 0.706. The van der Waals surface area contributed by atoms with Crippen molar-refractivity contribution in [1.82, 2.24) is 0 Å². The fraction of sp³-hybridized carbons (Fsp3) is 0.143. The first-order valence-corrected chi connectivity index (χ1v) is 5.68. The van der Waals surface area contributed by atoms with Crippen LogP contribution in [0.15, 0.2) is 54.6 Å². The Kier molecular flexibility index (Phi) is 2.43. The predicted octanol–water partition coefficient (Wildman–Crippen LogP) is 4.15. The normalized spacial score (nSPS) is 23.1. The molecule has 2 heteroatoms. The van der Waals surface area contributed by atoms with Crippen LogP contribution in [0.1, 0.15) is 23.3 Å². The average molecular weight is 231 g/mol. The fourth-order valence-corrected chi connectivity index (χ4v) is 2.04. The van der Waals surface area contributed by atoms with Gasteiger partial charge in [-0.2, -0.15) is 0 Å². The smallest absolute Gasteiger partial charge is 0.114 e. The second kappa shape index (κ2) is 3.93. The van der Waals surface area contributed by atoms with E-state index < -0.39 is 0 Å². The lowest BCUT2D eigenvalue weighted by atomic mass is 10.0. The van der Waals surface area contributed by atoms with Crippen LogP contribution >= 0.6 is 11.6 Å². The van der Waals surface area contributed by atoms with Gasteiger partial charge in [-0.1, -0.05) is 54.1 Å². The third kappa shape index (κ3) is 1.84. The molecule has 0 spiro atoms. The molecule has 1 heterocycles. The summed E-state index contributed by atoms with van der Waals surface area (Å²) < 4.78 is 5.69. The van der Waals surface area contributed by atoms with Crippen molar-refractivity contribution < 1.29 is 4.74 Å². The van der Waals surface area contributed by atoms with Crippen molar-refractivity contribution in [2.24, 2.45) is 0 Å². The molecule has 3 rings (SSSR count). The lowest BCUT2D eigenvalue weighted by Crippen LogP contribution is -1.83. The average Bonchev–Trinajstić information content (AvgIpc) is 3.11. The molecule has 0 bridgehead atoms. The second-order valence-electron chi connectivity index (χ2n) is 3.94. The standard InChI is InChI=1S/C14H11ClO/c15-12-8-6-11(7-9-12)14-13(16-14)10-4-2-1-3-5-10/h1-9,13-14H/t13-,14-/m0/s1. The van der Waals surface area contributed by atoms with Crippen LogP contribution in [0.3, 0.4) is 0 Å². The molecule has 0 aliphatic carbocycles. The summed E-state index contributed by atoms with van der Waals surface area (Å²) in [5.41, 5.74) is 2.43. The number of hydrogen-bond donors (Lipinski definition) is 0. The third-order valence-corrected chi connectivity index (χ3v) is 3.07. The molecule has 0 amide bonds. The maximum Gasteiger partial charge on any atom is 0.114 e. The Labute approximate surface area is 99.6 Å². The zero-order chi connectivity index (χ0) is 11.0. The molecule has 2 aromatic rings. The summed E-state index contributed by atoms with van der Waals surface area (Å²) in [6.07, 6.45) is 0.405. The van der Waals surface area contributed by atoms with Crippen LogP contribution < -0.4 is 0 Å². The van der Waals surface area contributed by atoms with Gasteiger partial charge >= 0.3 is 0 Å². The highest BCUT2D eigenvalue weighted by molar-refractivity contribution is 6.30. The Hall–Kier alpha value is -1.31. The first-order valence-electron chi connectivity index (χ1n) is 5.30. The summed E-state index contributed by atoms with van der Waals surface area (Å²) in [5, 5.41) is 0.765. The molecule has 1 aliphatic rings. The SMILES string of the molecule is Clc1ccc([C@@H]2O[C@H]2c2ccccc2)cc1. The largest absolute Gasteiger partial charge is 0.359 e. The van der Waals surface area contributed by atoms with Crippen molar-refractivity contribution in [3.63, 3.8) is 0 Å². The van der Waals surface area contributed by atoms with E-state index in [2.05, 4.69) is 12.1 Å². The Bertz CT molecular complexity index is 478. The van der Waals surface area contributed by atoms with Crippen LogP contribution in [-0.4, -0.2) is 0 Å². The maximum atomic E-state index is 5.85. The number of epoxide rings is 1. The van der Waals surface area contributed by atoms with Gasteiger partial charge in [-0.25, -0.2) is 0 Å². The van der Waals surface area contributed by atoms with E-state index in [1.54, 1.807) is 0 Å². The molecule has 1 aliphatic heterocycles. The van der Waals surface area contributed by atoms with Crippen LogP contribution in [0, 0.1) is 0 Å². The molecule has 2 atom stereocenters. The highest BCUT2D eigenvalue weighted by Gasteiger charge is 2.41. The Morgan fingerprint density at radius 1 is 0.750 bits per heavy atom. The van der Waals surface area contributed by atoms with Gasteiger partial charge in [0.25, 0.3) is 0 Å². The summed E-state index contributed by atoms with van der Waals surface area (Å²) in [6, 6.07) is 18.1.